The number of methoxy groups -OCH3 is 1. The summed E-state index contributed by atoms with van der Waals surface area (Å²) in [5, 5.41) is 2.10. The van der Waals surface area contributed by atoms with E-state index < -0.39 is 29.8 Å². The fourth-order valence-electron chi connectivity index (χ4n) is 4.50. The van der Waals surface area contributed by atoms with Gasteiger partial charge in [0.1, 0.15) is 23.3 Å². The van der Waals surface area contributed by atoms with Gasteiger partial charge >= 0.3 is 12.1 Å². The number of hydrogen-bond acceptors (Lipinski definition) is 6. The first kappa shape index (κ1) is 23.6. The molecule has 3 aromatic rings. The van der Waals surface area contributed by atoms with Crippen LogP contribution in [-0.2, 0) is 20.8 Å². The van der Waals surface area contributed by atoms with Crippen LogP contribution in [-0.4, -0.2) is 57.9 Å². The van der Waals surface area contributed by atoms with Crippen LogP contribution < -0.4 is 4.74 Å². The lowest BCUT2D eigenvalue weighted by Gasteiger charge is -2.27. The summed E-state index contributed by atoms with van der Waals surface area (Å²) in [6.45, 7) is 12.1. The number of pyridine rings is 1. The number of carbonyl (C=O) groups is 2. The SMILES string of the molecule is C=CCn1cc(C)c2c3ccccc3nc(O[C@@H]3C[C@@H](C(=O)OC)N(C(=O)OC(C)(C)C)C3)c21. The summed E-state index contributed by atoms with van der Waals surface area (Å²) in [6.07, 6.45) is 3.14. The van der Waals surface area contributed by atoms with Gasteiger partial charge in [-0.3, -0.25) is 4.90 Å². The second-order valence-electron chi connectivity index (χ2n) is 9.56. The molecule has 0 aliphatic carbocycles. The maximum atomic E-state index is 12.8. The van der Waals surface area contributed by atoms with Crippen molar-refractivity contribution in [3.8, 4) is 5.88 Å². The molecule has 1 aliphatic heterocycles. The number of para-hydroxylation sites is 1. The van der Waals surface area contributed by atoms with Crippen LogP contribution in [0.25, 0.3) is 21.8 Å². The molecular weight excluding hydrogens is 434 g/mol. The van der Waals surface area contributed by atoms with Crippen LogP contribution in [0.3, 0.4) is 0 Å². The molecule has 1 amide bonds. The Labute approximate surface area is 199 Å². The van der Waals surface area contributed by atoms with Crippen molar-refractivity contribution >= 4 is 33.9 Å². The Morgan fingerprint density at radius 3 is 2.68 bits per heavy atom. The van der Waals surface area contributed by atoms with E-state index >= 15 is 0 Å². The monoisotopic (exact) mass is 465 g/mol. The quantitative estimate of drug-likeness (QED) is 0.404. The molecule has 2 atom stereocenters. The van der Waals surface area contributed by atoms with E-state index in [-0.39, 0.29) is 13.0 Å². The molecule has 0 N–H and O–H groups in total. The van der Waals surface area contributed by atoms with E-state index in [1.807, 2.05) is 30.3 Å². The van der Waals surface area contributed by atoms with Crippen molar-refractivity contribution in [1.29, 1.82) is 0 Å². The average Bonchev–Trinajstić information content (AvgIpc) is 3.34. The highest BCUT2D eigenvalue weighted by molar-refractivity contribution is 6.08. The fourth-order valence-corrected chi connectivity index (χ4v) is 4.50. The van der Waals surface area contributed by atoms with Crippen molar-refractivity contribution < 1.29 is 23.8 Å². The number of amides is 1. The van der Waals surface area contributed by atoms with Crippen LogP contribution in [0.1, 0.15) is 32.8 Å². The van der Waals surface area contributed by atoms with Crippen LogP contribution in [0.15, 0.2) is 43.1 Å². The van der Waals surface area contributed by atoms with E-state index in [2.05, 4.69) is 24.3 Å². The number of aromatic nitrogens is 2. The predicted molar refractivity (Wildman–Crippen MR) is 130 cm³/mol. The van der Waals surface area contributed by atoms with Crippen LogP contribution in [0.5, 0.6) is 5.88 Å². The number of allylic oxidation sites excluding steroid dienone is 1. The average molecular weight is 466 g/mol. The summed E-state index contributed by atoms with van der Waals surface area (Å²) in [4.78, 5) is 31.5. The maximum absolute atomic E-state index is 12.8. The maximum Gasteiger partial charge on any atom is 0.411 e. The molecule has 8 heteroatoms. The summed E-state index contributed by atoms with van der Waals surface area (Å²) in [5.74, 6) is -0.0391. The van der Waals surface area contributed by atoms with Gasteiger partial charge in [0.25, 0.3) is 0 Å². The number of hydrogen-bond donors (Lipinski definition) is 0. The fraction of sp³-hybridized carbons (Fsp3) is 0.423. The molecule has 4 rings (SSSR count). The van der Waals surface area contributed by atoms with Crippen LogP contribution in [0, 0.1) is 6.92 Å². The number of aryl methyl sites for hydroxylation is 1. The minimum Gasteiger partial charge on any atom is -0.471 e. The first-order valence-corrected chi connectivity index (χ1v) is 11.4. The smallest absolute Gasteiger partial charge is 0.411 e. The Kier molecular flexibility index (Phi) is 6.25. The van der Waals surface area contributed by atoms with Gasteiger partial charge in [0, 0.05) is 29.9 Å². The Hall–Kier alpha value is -3.55. The third-order valence-corrected chi connectivity index (χ3v) is 5.83. The molecule has 2 aromatic heterocycles. The Morgan fingerprint density at radius 1 is 1.26 bits per heavy atom. The molecule has 0 saturated carbocycles. The van der Waals surface area contributed by atoms with Gasteiger partial charge in [0.2, 0.25) is 5.88 Å². The number of likely N-dealkylation sites (tertiary alicyclic amines) is 1. The zero-order valence-corrected chi connectivity index (χ0v) is 20.3. The number of nitrogens with zero attached hydrogens (tertiary/aromatic N) is 3. The summed E-state index contributed by atoms with van der Waals surface area (Å²) >= 11 is 0. The van der Waals surface area contributed by atoms with Crippen molar-refractivity contribution in [2.45, 2.75) is 58.4 Å². The molecule has 1 aliphatic rings. The number of fused-ring (bicyclic) bond motifs is 3. The highest BCUT2D eigenvalue weighted by Gasteiger charge is 2.43. The highest BCUT2D eigenvalue weighted by Crippen LogP contribution is 2.36. The third-order valence-electron chi connectivity index (χ3n) is 5.83. The molecule has 1 saturated heterocycles. The molecule has 0 unspecified atom stereocenters. The van der Waals surface area contributed by atoms with Gasteiger partial charge < -0.3 is 18.8 Å². The van der Waals surface area contributed by atoms with E-state index in [1.54, 1.807) is 20.8 Å². The number of benzene rings is 1. The molecule has 34 heavy (non-hydrogen) atoms. The molecule has 8 nitrogen and oxygen atoms in total. The first-order chi connectivity index (χ1) is 16.1. The Balaban J connectivity index is 1.73. The zero-order valence-electron chi connectivity index (χ0n) is 20.3. The van der Waals surface area contributed by atoms with Gasteiger partial charge in [-0.25, -0.2) is 14.6 Å². The van der Waals surface area contributed by atoms with Gasteiger partial charge in [-0.15, -0.1) is 6.58 Å². The topological polar surface area (TPSA) is 82.9 Å². The lowest BCUT2D eigenvalue weighted by atomic mass is 10.1. The summed E-state index contributed by atoms with van der Waals surface area (Å²) in [6, 6.07) is 7.14. The normalized spacial score (nSPS) is 18.3. The molecule has 0 radical (unpaired) electrons. The number of rotatable bonds is 5. The largest absolute Gasteiger partial charge is 0.471 e. The minimum atomic E-state index is -0.789. The van der Waals surface area contributed by atoms with Crippen molar-refractivity contribution in [2.75, 3.05) is 13.7 Å². The summed E-state index contributed by atoms with van der Waals surface area (Å²) in [5.41, 5.74) is 2.10. The standard InChI is InChI=1S/C26H31N3O5/c1-7-12-28-14-16(2)21-18-10-8-9-11-19(18)27-23(22(21)28)33-17-13-20(24(30)32-6)29(15-17)25(31)34-26(3,4)5/h7-11,14,17,20H,1,12-13,15H2,2-6H3/t17-,20+/m1/s1. The number of carbonyl (C=O) groups excluding carboxylic acids is 2. The second-order valence-corrected chi connectivity index (χ2v) is 9.56. The highest BCUT2D eigenvalue weighted by atomic mass is 16.6. The van der Waals surface area contributed by atoms with E-state index in [1.165, 1.54) is 12.0 Å². The van der Waals surface area contributed by atoms with Crippen LogP contribution >= 0.6 is 0 Å². The molecule has 0 bridgehead atoms. The molecule has 180 valence electrons. The summed E-state index contributed by atoms with van der Waals surface area (Å²) < 4.78 is 18.9. The second kappa shape index (κ2) is 9.00. The van der Waals surface area contributed by atoms with Gasteiger partial charge in [0.15, 0.2) is 0 Å². The van der Waals surface area contributed by atoms with Gasteiger partial charge in [-0.05, 0) is 39.3 Å². The molecule has 3 heterocycles. The van der Waals surface area contributed by atoms with Crippen LogP contribution in [0.4, 0.5) is 4.79 Å². The predicted octanol–water partition coefficient (Wildman–Crippen LogP) is 4.61. The van der Waals surface area contributed by atoms with E-state index in [0.29, 0.717) is 12.4 Å². The van der Waals surface area contributed by atoms with Crippen molar-refractivity contribution in [2.24, 2.45) is 0 Å². The zero-order chi connectivity index (χ0) is 24.6. The number of esters is 1. The van der Waals surface area contributed by atoms with Gasteiger partial charge in [-0.2, -0.15) is 0 Å². The van der Waals surface area contributed by atoms with E-state index in [0.717, 1.165) is 27.4 Å². The lowest BCUT2D eigenvalue weighted by Crippen LogP contribution is -2.44. The first-order valence-electron chi connectivity index (χ1n) is 11.4. The van der Waals surface area contributed by atoms with Gasteiger partial charge in [-0.1, -0.05) is 24.3 Å². The Morgan fingerprint density at radius 2 is 2.00 bits per heavy atom. The lowest BCUT2D eigenvalue weighted by molar-refractivity contribution is -0.145. The van der Waals surface area contributed by atoms with Crippen molar-refractivity contribution in [3.05, 3.63) is 48.7 Å². The number of ether oxygens (including phenoxy) is 3. The minimum absolute atomic E-state index is 0.186. The summed E-state index contributed by atoms with van der Waals surface area (Å²) in [7, 11) is 1.31. The van der Waals surface area contributed by atoms with Crippen molar-refractivity contribution in [3.63, 3.8) is 0 Å². The van der Waals surface area contributed by atoms with E-state index in [9.17, 15) is 9.59 Å². The Bertz CT molecular complexity index is 1260. The third kappa shape index (κ3) is 4.44. The van der Waals surface area contributed by atoms with Crippen molar-refractivity contribution in [1.82, 2.24) is 14.5 Å². The molecule has 1 fully saturated rings. The van der Waals surface area contributed by atoms with E-state index in [4.69, 9.17) is 19.2 Å². The van der Waals surface area contributed by atoms with Gasteiger partial charge in [0.05, 0.1) is 19.2 Å². The molecular formula is C26H31N3O5. The van der Waals surface area contributed by atoms with Crippen LogP contribution in [0.2, 0.25) is 0 Å². The molecule has 1 aromatic carbocycles. The molecule has 0 spiro atoms.